The van der Waals surface area contributed by atoms with Crippen molar-refractivity contribution in [3.8, 4) is 0 Å². The van der Waals surface area contributed by atoms with Gasteiger partial charge in [-0.1, -0.05) is 45.2 Å². The van der Waals surface area contributed by atoms with Crippen LogP contribution in [-0.4, -0.2) is 46.1 Å². The van der Waals surface area contributed by atoms with Crippen molar-refractivity contribution in [1.29, 1.82) is 0 Å². The van der Waals surface area contributed by atoms with Crippen molar-refractivity contribution in [3.05, 3.63) is 46.2 Å². The minimum absolute atomic E-state index is 0.0117. The molecular formula is C25H34FN5O3S. The number of rotatable bonds is 10. The van der Waals surface area contributed by atoms with Crippen LogP contribution in [-0.2, 0) is 11.3 Å². The van der Waals surface area contributed by atoms with Crippen molar-refractivity contribution in [2.24, 2.45) is 5.92 Å². The third-order valence-electron chi connectivity index (χ3n) is 6.03. The van der Waals surface area contributed by atoms with E-state index in [9.17, 15) is 18.8 Å². The summed E-state index contributed by atoms with van der Waals surface area (Å²) in [5.74, 6) is -1.15. The molecule has 1 saturated carbocycles. The predicted molar refractivity (Wildman–Crippen MR) is 134 cm³/mol. The molecule has 190 valence electrons. The van der Waals surface area contributed by atoms with E-state index >= 15 is 0 Å². The number of nitrogens with two attached hydrogens (primary N) is 1. The number of nitrogens with one attached hydrogen (secondary N) is 2. The van der Waals surface area contributed by atoms with Crippen molar-refractivity contribution >= 4 is 34.9 Å². The maximum atomic E-state index is 13.4. The zero-order valence-corrected chi connectivity index (χ0v) is 21.1. The SMILES string of the molecule is CC(C)CCNC(=O)CN(Cc1ccc(F)cc1)C(=O)c1snc(C(=O)NC2CCCCC2)c1N. The average molecular weight is 504 g/mol. The molecule has 1 fully saturated rings. The Morgan fingerprint density at radius 3 is 2.51 bits per heavy atom. The molecule has 4 N–H and O–H groups in total. The summed E-state index contributed by atoms with van der Waals surface area (Å²) < 4.78 is 17.5. The van der Waals surface area contributed by atoms with Crippen LogP contribution in [0.5, 0.6) is 0 Å². The first-order chi connectivity index (χ1) is 16.7. The molecule has 35 heavy (non-hydrogen) atoms. The van der Waals surface area contributed by atoms with Gasteiger partial charge in [0.2, 0.25) is 5.91 Å². The number of nitrogen functional groups attached to an aromatic ring is 1. The summed E-state index contributed by atoms with van der Waals surface area (Å²) in [5.41, 5.74) is 6.90. The van der Waals surface area contributed by atoms with Crippen LogP contribution in [0, 0.1) is 11.7 Å². The Hall–Kier alpha value is -3.01. The van der Waals surface area contributed by atoms with Crippen molar-refractivity contribution in [1.82, 2.24) is 19.9 Å². The fraction of sp³-hybridized carbons (Fsp3) is 0.520. The van der Waals surface area contributed by atoms with Gasteiger partial charge in [-0.2, -0.15) is 4.37 Å². The molecule has 1 aliphatic rings. The van der Waals surface area contributed by atoms with Crippen molar-refractivity contribution < 1.29 is 18.8 Å². The fourth-order valence-electron chi connectivity index (χ4n) is 4.00. The van der Waals surface area contributed by atoms with Crippen LogP contribution in [0.4, 0.5) is 10.1 Å². The van der Waals surface area contributed by atoms with Crippen LogP contribution in [0.2, 0.25) is 0 Å². The molecule has 0 unspecified atom stereocenters. The Bertz CT molecular complexity index is 1020. The normalized spacial score (nSPS) is 14.1. The van der Waals surface area contributed by atoms with E-state index in [1.54, 1.807) is 12.1 Å². The van der Waals surface area contributed by atoms with Gasteiger partial charge in [-0.15, -0.1) is 0 Å². The first-order valence-corrected chi connectivity index (χ1v) is 12.9. The molecule has 3 amide bonds. The number of nitrogens with zero attached hydrogens (tertiary/aromatic N) is 2. The number of amides is 3. The van der Waals surface area contributed by atoms with Crippen molar-refractivity contribution in [2.45, 2.75) is 65.0 Å². The summed E-state index contributed by atoms with van der Waals surface area (Å²) in [4.78, 5) is 40.2. The molecule has 0 bridgehead atoms. The Balaban J connectivity index is 1.74. The molecular weight excluding hydrogens is 469 g/mol. The smallest absolute Gasteiger partial charge is 0.273 e. The summed E-state index contributed by atoms with van der Waals surface area (Å²) in [5, 5.41) is 5.80. The third-order valence-corrected chi connectivity index (χ3v) is 6.88. The van der Waals surface area contributed by atoms with Gasteiger partial charge in [0.05, 0.1) is 5.69 Å². The van der Waals surface area contributed by atoms with E-state index in [0.717, 1.165) is 43.6 Å². The van der Waals surface area contributed by atoms with E-state index in [-0.39, 0.29) is 47.2 Å². The largest absolute Gasteiger partial charge is 0.395 e. The molecule has 1 heterocycles. The van der Waals surface area contributed by atoms with Gasteiger partial charge in [-0.05, 0) is 54.4 Å². The molecule has 1 aromatic carbocycles. The zero-order chi connectivity index (χ0) is 25.4. The molecule has 0 spiro atoms. The maximum Gasteiger partial charge on any atom is 0.273 e. The number of hydrogen-bond acceptors (Lipinski definition) is 6. The monoisotopic (exact) mass is 503 g/mol. The molecule has 8 nitrogen and oxygen atoms in total. The Morgan fingerprint density at radius 2 is 1.86 bits per heavy atom. The highest BCUT2D eigenvalue weighted by Crippen LogP contribution is 2.25. The van der Waals surface area contributed by atoms with Crippen LogP contribution >= 0.6 is 11.5 Å². The lowest BCUT2D eigenvalue weighted by Crippen LogP contribution is -2.40. The molecule has 10 heteroatoms. The van der Waals surface area contributed by atoms with Gasteiger partial charge in [0.1, 0.15) is 17.2 Å². The molecule has 1 aliphatic carbocycles. The lowest BCUT2D eigenvalue weighted by Gasteiger charge is -2.23. The van der Waals surface area contributed by atoms with Gasteiger partial charge < -0.3 is 21.3 Å². The second-order valence-electron chi connectivity index (χ2n) is 9.40. The van der Waals surface area contributed by atoms with Gasteiger partial charge in [0, 0.05) is 19.1 Å². The second-order valence-corrected chi connectivity index (χ2v) is 10.2. The summed E-state index contributed by atoms with van der Waals surface area (Å²) in [7, 11) is 0. The number of halogens is 1. The van der Waals surface area contributed by atoms with E-state index in [0.29, 0.717) is 18.0 Å². The molecule has 0 radical (unpaired) electrons. The van der Waals surface area contributed by atoms with Gasteiger partial charge in [0.15, 0.2) is 5.69 Å². The summed E-state index contributed by atoms with van der Waals surface area (Å²) in [6, 6.07) is 5.81. The lowest BCUT2D eigenvalue weighted by molar-refractivity contribution is -0.121. The van der Waals surface area contributed by atoms with E-state index in [2.05, 4.69) is 28.9 Å². The zero-order valence-electron chi connectivity index (χ0n) is 20.3. The standard InChI is InChI=1S/C25H34FN5O3S/c1-16(2)12-13-28-20(32)15-31(14-17-8-10-18(26)11-9-17)25(34)23-21(27)22(30-35-23)24(33)29-19-6-4-3-5-7-19/h8-11,16,19H,3-7,12-15,27H2,1-2H3,(H,28,32)(H,29,33). The van der Waals surface area contributed by atoms with E-state index in [4.69, 9.17) is 5.73 Å². The molecule has 0 aliphatic heterocycles. The fourth-order valence-corrected chi connectivity index (χ4v) is 4.76. The third kappa shape index (κ3) is 7.74. The van der Waals surface area contributed by atoms with E-state index < -0.39 is 11.7 Å². The Kier molecular flexibility index (Phi) is 9.59. The molecule has 0 atom stereocenters. The summed E-state index contributed by atoms with van der Waals surface area (Å²) in [6.45, 7) is 4.51. The van der Waals surface area contributed by atoms with E-state index in [1.165, 1.54) is 23.5 Å². The maximum absolute atomic E-state index is 13.4. The second kappa shape index (κ2) is 12.6. The van der Waals surface area contributed by atoms with Crippen LogP contribution in [0.25, 0.3) is 0 Å². The van der Waals surface area contributed by atoms with Gasteiger partial charge in [-0.25, -0.2) is 4.39 Å². The Morgan fingerprint density at radius 1 is 1.17 bits per heavy atom. The molecule has 1 aromatic heterocycles. The first kappa shape index (κ1) is 26.6. The minimum Gasteiger partial charge on any atom is -0.395 e. The Labute approximate surface area is 209 Å². The number of benzene rings is 1. The first-order valence-electron chi connectivity index (χ1n) is 12.1. The van der Waals surface area contributed by atoms with Crippen molar-refractivity contribution in [3.63, 3.8) is 0 Å². The number of hydrogen-bond donors (Lipinski definition) is 3. The van der Waals surface area contributed by atoms with Crippen LogP contribution in [0.3, 0.4) is 0 Å². The van der Waals surface area contributed by atoms with Crippen LogP contribution < -0.4 is 16.4 Å². The van der Waals surface area contributed by atoms with Crippen LogP contribution in [0.15, 0.2) is 24.3 Å². The van der Waals surface area contributed by atoms with Gasteiger partial charge in [0.25, 0.3) is 11.8 Å². The van der Waals surface area contributed by atoms with Crippen LogP contribution in [0.1, 0.15) is 78.1 Å². The number of carbonyl (C=O) groups excluding carboxylic acids is 3. The number of carbonyl (C=O) groups is 3. The van der Waals surface area contributed by atoms with E-state index in [1.807, 2.05) is 0 Å². The average Bonchev–Trinajstić information content (AvgIpc) is 3.21. The summed E-state index contributed by atoms with van der Waals surface area (Å²) in [6.07, 6.45) is 5.95. The quantitative estimate of drug-likeness (QED) is 0.457. The highest BCUT2D eigenvalue weighted by Gasteiger charge is 2.28. The summed E-state index contributed by atoms with van der Waals surface area (Å²) >= 11 is 0.846. The topological polar surface area (TPSA) is 117 Å². The molecule has 2 aromatic rings. The molecule has 0 saturated heterocycles. The highest BCUT2D eigenvalue weighted by molar-refractivity contribution is 7.09. The molecule has 3 rings (SSSR count). The number of anilines is 1. The van der Waals surface area contributed by atoms with Crippen molar-refractivity contribution in [2.75, 3.05) is 18.8 Å². The number of aromatic nitrogens is 1. The lowest BCUT2D eigenvalue weighted by atomic mass is 9.95. The van der Waals surface area contributed by atoms with Gasteiger partial charge in [-0.3, -0.25) is 14.4 Å². The predicted octanol–water partition coefficient (Wildman–Crippen LogP) is 3.73. The van der Waals surface area contributed by atoms with Gasteiger partial charge >= 0.3 is 0 Å². The highest BCUT2D eigenvalue weighted by atomic mass is 32.1. The minimum atomic E-state index is -0.500.